The quantitative estimate of drug-likeness (QED) is 0.761. The number of hydrogen-bond donors (Lipinski definition) is 1. The number of carbonyl (C=O) groups is 1. The standard InChI is InChI=1S/C13H20N2O4/c16-13(17)7-2-1-6-11-14-15-12(19-11)9-10-5-3-4-8-18-10/h10H,1-9H2,(H,16,17). The summed E-state index contributed by atoms with van der Waals surface area (Å²) in [5.41, 5.74) is 0. The van der Waals surface area contributed by atoms with Gasteiger partial charge < -0.3 is 14.3 Å². The second-order valence-electron chi connectivity index (χ2n) is 4.88. The van der Waals surface area contributed by atoms with Crippen molar-refractivity contribution < 1.29 is 19.1 Å². The molecule has 1 aliphatic heterocycles. The number of aromatic nitrogens is 2. The molecule has 1 unspecified atom stereocenters. The van der Waals surface area contributed by atoms with Crippen LogP contribution in [0.2, 0.25) is 0 Å². The Balaban J connectivity index is 1.70. The molecule has 1 atom stereocenters. The first-order valence-corrected chi connectivity index (χ1v) is 6.88. The molecule has 1 fully saturated rings. The van der Waals surface area contributed by atoms with Gasteiger partial charge in [0, 0.05) is 19.4 Å². The molecule has 0 aliphatic carbocycles. The second-order valence-corrected chi connectivity index (χ2v) is 4.88. The predicted molar refractivity (Wildman–Crippen MR) is 66.8 cm³/mol. The molecule has 0 aromatic carbocycles. The van der Waals surface area contributed by atoms with Crippen molar-refractivity contribution in [2.45, 2.75) is 57.5 Å². The highest BCUT2D eigenvalue weighted by atomic mass is 16.5. The van der Waals surface area contributed by atoms with E-state index in [2.05, 4.69) is 10.2 Å². The second kappa shape index (κ2) is 7.23. The van der Waals surface area contributed by atoms with E-state index in [0.29, 0.717) is 31.0 Å². The van der Waals surface area contributed by atoms with Crippen LogP contribution in [0.4, 0.5) is 0 Å². The number of ether oxygens (including phenoxy) is 1. The maximum Gasteiger partial charge on any atom is 0.303 e. The van der Waals surface area contributed by atoms with Crippen molar-refractivity contribution in [1.29, 1.82) is 0 Å². The molecule has 2 rings (SSSR count). The van der Waals surface area contributed by atoms with Gasteiger partial charge in [-0.25, -0.2) is 0 Å². The van der Waals surface area contributed by atoms with Crippen molar-refractivity contribution in [2.75, 3.05) is 6.61 Å². The number of aryl methyl sites for hydroxylation is 1. The molecule has 0 saturated carbocycles. The van der Waals surface area contributed by atoms with Crippen LogP contribution >= 0.6 is 0 Å². The zero-order valence-electron chi connectivity index (χ0n) is 11.0. The van der Waals surface area contributed by atoms with Crippen molar-refractivity contribution in [3.63, 3.8) is 0 Å². The Morgan fingerprint density at radius 2 is 2.11 bits per heavy atom. The Hall–Kier alpha value is -1.43. The highest BCUT2D eigenvalue weighted by Gasteiger charge is 2.17. The summed E-state index contributed by atoms with van der Waals surface area (Å²) in [7, 11) is 0. The number of rotatable bonds is 7. The summed E-state index contributed by atoms with van der Waals surface area (Å²) < 4.78 is 11.2. The smallest absolute Gasteiger partial charge is 0.303 e. The first kappa shape index (κ1) is 14.0. The van der Waals surface area contributed by atoms with E-state index in [1.807, 2.05) is 0 Å². The molecule has 1 aliphatic rings. The van der Waals surface area contributed by atoms with Crippen LogP contribution in [0, 0.1) is 0 Å². The van der Waals surface area contributed by atoms with Gasteiger partial charge in [-0.1, -0.05) is 0 Å². The highest BCUT2D eigenvalue weighted by molar-refractivity contribution is 5.66. The van der Waals surface area contributed by atoms with Crippen LogP contribution in [0.3, 0.4) is 0 Å². The molecule has 19 heavy (non-hydrogen) atoms. The minimum atomic E-state index is -0.763. The monoisotopic (exact) mass is 268 g/mol. The van der Waals surface area contributed by atoms with E-state index in [4.69, 9.17) is 14.3 Å². The van der Waals surface area contributed by atoms with E-state index in [0.717, 1.165) is 25.9 Å². The van der Waals surface area contributed by atoms with E-state index in [-0.39, 0.29) is 12.5 Å². The topological polar surface area (TPSA) is 85.5 Å². The van der Waals surface area contributed by atoms with Crippen LogP contribution in [0.5, 0.6) is 0 Å². The zero-order chi connectivity index (χ0) is 13.5. The molecule has 0 amide bonds. The predicted octanol–water partition coefficient (Wildman–Crippen LogP) is 1.98. The summed E-state index contributed by atoms with van der Waals surface area (Å²) in [6, 6.07) is 0. The van der Waals surface area contributed by atoms with E-state index in [1.165, 1.54) is 6.42 Å². The van der Waals surface area contributed by atoms with Gasteiger partial charge in [-0.15, -0.1) is 10.2 Å². The zero-order valence-corrected chi connectivity index (χ0v) is 11.0. The van der Waals surface area contributed by atoms with E-state index in [1.54, 1.807) is 0 Å². The lowest BCUT2D eigenvalue weighted by Crippen LogP contribution is -2.21. The number of unbranched alkanes of at least 4 members (excludes halogenated alkanes) is 1. The highest BCUT2D eigenvalue weighted by Crippen LogP contribution is 2.17. The van der Waals surface area contributed by atoms with Crippen LogP contribution in [0.1, 0.15) is 50.3 Å². The summed E-state index contributed by atoms with van der Waals surface area (Å²) in [5, 5.41) is 16.5. The van der Waals surface area contributed by atoms with Crippen molar-refractivity contribution in [3.05, 3.63) is 11.8 Å². The first-order valence-electron chi connectivity index (χ1n) is 6.88. The molecule has 0 spiro atoms. The molecule has 6 heteroatoms. The molecule has 0 radical (unpaired) electrons. The van der Waals surface area contributed by atoms with Crippen LogP contribution in [0.15, 0.2) is 4.42 Å². The Morgan fingerprint density at radius 1 is 1.26 bits per heavy atom. The van der Waals surface area contributed by atoms with Crippen molar-refractivity contribution in [3.8, 4) is 0 Å². The van der Waals surface area contributed by atoms with Crippen molar-refractivity contribution in [2.24, 2.45) is 0 Å². The number of carboxylic acids is 1. The molecular weight excluding hydrogens is 248 g/mol. The Labute approximate surface area is 112 Å². The number of hydrogen-bond acceptors (Lipinski definition) is 5. The Bertz CT molecular complexity index is 399. The Morgan fingerprint density at radius 3 is 2.84 bits per heavy atom. The van der Waals surface area contributed by atoms with Gasteiger partial charge in [-0.2, -0.15) is 0 Å². The summed E-state index contributed by atoms with van der Waals surface area (Å²) in [5.74, 6) is 0.456. The summed E-state index contributed by atoms with van der Waals surface area (Å²) in [4.78, 5) is 10.4. The van der Waals surface area contributed by atoms with Crippen LogP contribution in [-0.4, -0.2) is 34.0 Å². The van der Waals surface area contributed by atoms with Gasteiger partial charge in [-0.05, 0) is 32.1 Å². The third kappa shape index (κ3) is 4.98. The summed E-state index contributed by atoms with van der Waals surface area (Å²) in [6.07, 6.45) is 6.50. The van der Waals surface area contributed by atoms with E-state index >= 15 is 0 Å². The first-order chi connectivity index (χ1) is 9.24. The molecular formula is C13H20N2O4. The number of aliphatic carboxylic acids is 1. The fourth-order valence-corrected chi connectivity index (χ4v) is 2.19. The average molecular weight is 268 g/mol. The van der Waals surface area contributed by atoms with Crippen molar-refractivity contribution in [1.82, 2.24) is 10.2 Å². The molecule has 1 aromatic heterocycles. The molecule has 1 N–H and O–H groups in total. The summed E-state index contributed by atoms with van der Waals surface area (Å²) in [6.45, 7) is 0.820. The lowest BCUT2D eigenvalue weighted by atomic mass is 10.1. The number of carboxylic acid groups (broad SMARTS) is 1. The lowest BCUT2D eigenvalue weighted by molar-refractivity contribution is -0.137. The van der Waals surface area contributed by atoms with E-state index < -0.39 is 5.97 Å². The SMILES string of the molecule is O=C(O)CCCCc1nnc(CC2CCCCO2)o1. The third-order valence-corrected chi connectivity index (χ3v) is 3.22. The van der Waals surface area contributed by atoms with Crippen LogP contribution < -0.4 is 0 Å². The van der Waals surface area contributed by atoms with Gasteiger partial charge >= 0.3 is 5.97 Å². The van der Waals surface area contributed by atoms with Crippen LogP contribution in [-0.2, 0) is 22.4 Å². The molecule has 1 saturated heterocycles. The maximum atomic E-state index is 10.4. The number of nitrogens with zero attached hydrogens (tertiary/aromatic N) is 2. The maximum absolute atomic E-state index is 10.4. The van der Waals surface area contributed by atoms with Gasteiger partial charge in [0.25, 0.3) is 0 Å². The van der Waals surface area contributed by atoms with Gasteiger partial charge in [0.1, 0.15) is 0 Å². The molecule has 6 nitrogen and oxygen atoms in total. The Kier molecular flexibility index (Phi) is 5.32. The fraction of sp³-hybridized carbons (Fsp3) is 0.769. The van der Waals surface area contributed by atoms with Gasteiger partial charge in [0.15, 0.2) is 0 Å². The minimum absolute atomic E-state index is 0.191. The molecule has 2 heterocycles. The van der Waals surface area contributed by atoms with E-state index in [9.17, 15) is 4.79 Å². The third-order valence-electron chi connectivity index (χ3n) is 3.22. The summed E-state index contributed by atoms with van der Waals surface area (Å²) >= 11 is 0. The normalized spacial score (nSPS) is 19.5. The van der Waals surface area contributed by atoms with Gasteiger partial charge in [0.05, 0.1) is 12.5 Å². The fourth-order valence-electron chi connectivity index (χ4n) is 2.19. The minimum Gasteiger partial charge on any atom is -0.481 e. The van der Waals surface area contributed by atoms with Gasteiger partial charge in [0.2, 0.25) is 11.8 Å². The van der Waals surface area contributed by atoms with Gasteiger partial charge in [-0.3, -0.25) is 4.79 Å². The lowest BCUT2D eigenvalue weighted by Gasteiger charge is -2.20. The molecule has 106 valence electrons. The molecule has 0 bridgehead atoms. The average Bonchev–Trinajstić information content (AvgIpc) is 2.83. The largest absolute Gasteiger partial charge is 0.481 e. The van der Waals surface area contributed by atoms with Crippen LogP contribution in [0.25, 0.3) is 0 Å². The molecule has 1 aromatic rings. The van der Waals surface area contributed by atoms with Crippen molar-refractivity contribution >= 4 is 5.97 Å².